The summed E-state index contributed by atoms with van der Waals surface area (Å²) in [5.41, 5.74) is 0.393. The molecular weight excluding hydrogens is 306 g/mol. The van der Waals surface area contributed by atoms with Crippen molar-refractivity contribution in [3.63, 3.8) is 0 Å². The van der Waals surface area contributed by atoms with Crippen molar-refractivity contribution in [3.8, 4) is 0 Å². The lowest BCUT2D eigenvalue weighted by Gasteiger charge is -2.31. The van der Waals surface area contributed by atoms with Crippen LogP contribution in [0.1, 0.15) is 45.9 Å². The summed E-state index contributed by atoms with van der Waals surface area (Å²) < 4.78 is 1.21. The maximum atomic E-state index is 3.63. The van der Waals surface area contributed by atoms with Crippen LogP contribution in [0.2, 0.25) is 0 Å². The third kappa shape index (κ3) is 5.41. The number of hydrogen-bond donors (Lipinski definition) is 1. The Hall–Kier alpha value is 0.140. The minimum absolute atomic E-state index is 0.393. The molecule has 0 spiro atoms. The fraction of sp³-hybridized carbons (Fsp3) is 0.733. The summed E-state index contributed by atoms with van der Waals surface area (Å²) in [6.07, 6.45) is 2.39. The minimum atomic E-state index is 0.393. The van der Waals surface area contributed by atoms with Gasteiger partial charge in [-0.3, -0.25) is 0 Å². The number of likely N-dealkylation sites (N-methyl/N-ethyl adjacent to an activating group) is 1. The van der Waals surface area contributed by atoms with E-state index in [9.17, 15) is 0 Å². The molecule has 0 radical (unpaired) electrons. The van der Waals surface area contributed by atoms with Gasteiger partial charge in [-0.2, -0.15) is 0 Å². The van der Waals surface area contributed by atoms with Crippen molar-refractivity contribution < 1.29 is 0 Å². The lowest BCUT2D eigenvalue weighted by atomic mass is 9.78. The predicted octanol–water partition coefficient (Wildman–Crippen LogP) is 5.10. The molecule has 2 atom stereocenters. The van der Waals surface area contributed by atoms with Crippen LogP contribution in [-0.2, 0) is 6.42 Å². The highest BCUT2D eigenvalue weighted by Gasteiger charge is 2.23. The molecule has 0 saturated carbocycles. The van der Waals surface area contributed by atoms with Crippen LogP contribution in [0.3, 0.4) is 0 Å². The van der Waals surface area contributed by atoms with Crippen LogP contribution in [0.4, 0.5) is 0 Å². The molecule has 1 nitrogen and oxygen atoms in total. The zero-order valence-electron chi connectivity index (χ0n) is 12.2. The van der Waals surface area contributed by atoms with E-state index in [2.05, 4.69) is 67.3 Å². The molecule has 1 heterocycles. The van der Waals surface area contributed by atoms with Gasteiger partial charge in [-0.15, -0.1) is 11.3 Å². The van der Waals surface area contributed by atoms with Gasteiger partial charge in [-0.1, -0.05) is 34.6 Å². The molecule has 0 aliphatic heterocycles. The maximum absolute atomic E-state index is 3.63. The van der Waals surface area contributed by atoms with Crippen LogP contribution in [0.15, 0.2) is 15.9 Å². The lowest BCUT2D eigenvalue weighted by Crippen LogP contribution is -2.35. The van der Waals surface area contributed by atoms with Crippen molar-refractivity contribution in [2.24, 2.45) is 11.3 Å². The fourth-order valence-electron chi connectivity index (χ4n) is 2.01. The van der Waals surface area contributed by atoms with E-state index < -0.39 is 0 Å². The maximum Gasteiger partial charge on any atom is 0.0285 e. The van der Waals surface area contributed by atoms with E-state index >= 15 is 0 Å². The highest BCUT2D eigenvalue weighted by Crippen LogP contribution is 2.30. The number of nitrogens with one attached hydrogen (secondary N) is 1. The van der Waals surface area contributed by atoms with Crippen LogP contribution in [-0.4, -0.2) is 12.6 Å². The summed E-state index contributed by atoms with van der Waals surface area (Å²) >= 11 is 5.39. The minimum Gasteiger partial charge on any atom is -0.314 e. The zero-order chi connectivity index (χ0) is 13.8. The molecule has 1 rings (SSSR count). The Bertz CT molecular complexity index is 354. The predicted molar refractivity (Wildman–Crippen MR) is 86.4 cm³/mol. The van der Waals surface area contributed by atoms with Gasteiger partial charge >= 0.3 is 0 Å². The largest absolute Gasteiger partial charge is 0.314 e. The molecule has 0 amide bonds. The van der Waals surface area contributed by atoms with Gasteiger partial charge in [0, 0.05) is 20.8 Å². The monoisotopic (exact) mass is 331 g/mol. The van der Waals surface area contributed by atoms with E-state index in [1.807, 2.05) is 11.3 Å². The first kappa shape index (κ1) is 16.2. The first-order chi connectivity index (χ1) is 8.32. The van der Waals surface area contributed by atoms with Crippen LogP contribution in [0.5, 0.6) is 0 Å². The van der Waals surface area contributed by atoms with Gasteiger partial charge in [-0.05, 0) is 52.7 Å². The van der Waals surface area contributed by atoms with E-state index in [0.717, 1.165) is 18.9 Å². The Morgan fingerprint density at radius 3 is 2.50 bits per heavy atom. The third-order valence-corrected chi connectivity index (χ3v) is 5.40. The normalized spacial score (nSPS) is 15.7. The van der Waals surface area contributed by atoms with E-state index in [4.69, 9.17) is 0 Å². The lowest BCUT2D eigenvalue weighted by molar-refractivity contribution is 0.223. The van der Waals surface area contributed by atoms with Crippen molar-refractivity contribution in [1.82, 2.24) is 5.32 Å². The van der Waals surface area contributed by atoms with E-state index in [1.165, 1.54) is 15.8 Å². The Morgan fingerprint density at radius 1 is 1.39 bits per heavy atom. The van der Waals surface area contributed by atoms with E-state index in [0.29, 0.717) is 11.5 Å². The Balaban J connectivity index is 2.60. The average Bonchev–Trinajstić information content (AvgIpc) is 2.62. The van der Waals surface area contributed by atoms with Gasteiger partial charge in [-0.25, -0.2) is 0 Å². The second-order valence-electron chi connectivity index (χ2n) is 6.19. The number of halogens is 1. The van der Waals surface area contributed by atoms with Crippen molar-refractivity contribution in [1.29, 1.82) is 0 Å². The third-order valence-electron chi connectivity index (χ3n) is 3.68. The molecule has 1 aromatic rings. The summed E-state index contributed by atoms with van der Waals surface area (Å²) in [6, 6.07) is 2.84. The van der Waals surface area contributed by atoms with Crippen molar-refractivity contribution in [2.45, 2.75) is 53.5 Å². The summed E-state index contributed by atoms with van der Waals surface area (Å²) in [5, 5.41) is 5.81. The van der Waals surface area contributed by atoms with Crippen molar-refractivity contribution in [2.75, 3.05) is 6.54 Å². The van der Waals surface area contributed by atoms with Crippen molar-refractivity contribution >= 4 is 27.3 Å². The van der Waals surface area contributed by atoms with Gasteiger partial charge in [0.25, 0.3) is 0 Å². The molecule has 0 aliphatic rings. The summed E-state index contributed by atoms with van der Waals surface area (Å²) in [4.78, 5) is 1.47. The molecule has 0 bridgehead atoms. The molecule has 0 saturated heterocycles. The SMILES string of the molecule is CCNC(Cc1cc(Br)cs1)CC(C)C(C)(C)C. The first-order valence-corrected chi connectivity index (χ1v) is 8.46. The Labute approximate surface area is 125 Å². The second kappa shape index (κ2) is 7.06. The molecule has 2 unspecified atom stereocenters. The van der Waals surface area contributed by atoms with Gasteiger partial charge in [0.1, 0.15) is 0 Å². The summed E-state index contributed by atoms with van der Waals surface area (Å²) in [6.45, 7) is 12.6. The standard InChI is InChI=1S/C15H26BrNS/c1-6-17-13(7-11(2)15(3,4)5)9-14-8-12(16)10-18-14/h8,10-11,13,17H,6-7,9H2,1-5H3. The molecule has 1 N–H and O–H groups in total. The smallest absolute Gasteiger partial charge is 0.0285 e. The first-order valence-electron chi connectivity index (χ1n) is 6.79. The molecule has 3 heteroatoms. The van der Waals surface area contributed by atoms with Gasteiger partial charge in [0.05, 0.1) is 0 Å². The Morgan fingerprint density at radius 2 is 2.06 bits per heavy atom. The van der Waals surface area contributed by atoms with Crippen LogP contribution in [0.25, 0.3) is 0 Å². The number of thiophene rings is 1. The van der Waals surface area contributed by atoms with Gasteiger partial charge in [0.15, 0.2) is 0 Å². The van der Waals surface area contributed by atoms with Gasteiger partial charge < -0.3 is 5.32 Å². The van der Waals surface area contributed by atoms with Crippen molar-refractivity contribution in [3.05, 3.63) is 20.8 Å². The number of rotatable bonds is 6. The molecular formula is C15H26BrNS. The molecule has 0 aliphatic carbocycles. The second-order valence-corrected chi connectivity index (χ2v) is 8.10. The van der Waals surface area contributed by atoms with Crippen LogP contribution in [0, 0.1) is 11.3 Å². The zero-order valence-corrected chi connectivity index (χ0v) is 14.6. The molecule has 0 fully saturated rings. The average molecular weight is 332 g/mol. The molecule has 18 heavy (non-hydrogen) atoms. The number of hydrogen-bond acceptors (Lipinski definition) is 2. The van der Waals surface area contributed by atoms with E-state index in [1.54, 1.807) is 0 Å². The molecule has 1 aromatic heterocycles. The quantitative estimate of drug-likeness (QED) is 0.764. The Kier molecular flexibility index (Phi) is 6.36. The fourth-order valence-corrected chi connectivity index (χ4v) is 3.54. The van der Waals surface area contributed by atoms with Crippen LogP contribution < -0.4 is 5.32 Å². The molecule has 104 valence electrons. The topological polar surface area (TPSA) is 12.0 Å². The van der Waals surface area contributed by atoms with E-state index in [-0.39, 0.29) is 0 Å². The summed E-state index contributed by atoms with van der Waals surface area (Å²) in [5.74, 6) is 0.727. The highest BCUT2D eigenvalue weighted by molar-refractivity contribution is 9.10. The van der Waals surface area contributed by atoms with Gasteiger partial charge in [0.2, 0.25) is 0 Å². The molecule has 0 aromatic carbocycles. The van der Waals surface area contributed by atoms with Crippen LogP contribution >= 0.6 is 27.3 Å². The highest BCUT2D eigenvalue weighted by atomic mass is 79.9. The summed E-state index contributed by atoms with van der Waals surface area (Å²) in [7, 11) is 0.